The second-order valence-electron chi connectivity index (χ2n) is 5.73. The SMILES string of the molecule is CCC[C@H]1N=C(c2ccccc2)C[C@H](c2ccccc2O)N1. The van der Waals surface area contributed by atoms with Crippen LogP contribution >= 0.6 is 0 Å². The molecule has 3 rings (SSSR count). The second kappa shape index (κ2) is 6.75. The zero-order chi connectivity index (χ0) is 15.4. The minimum atomic E-state index is 0.102. The van der Waals surface area contributed by atoms with Crippen molar-refractivity contribution >= 4 is 5.71 Å². The quantitative estimate of drug-likeness (QED) is 0.893. The lowest BCUT2D eigenvalue weighted by atomic mass is 9.94. The first kappa shape index (κ1) is 14.8. The molecule has 0 unspecified atom stereocenters. The number of hydrogen-bond acceptors (Lipinski definition) is 3. The van der Waals surface area contributed by atoms with Gasteiger partial charge in [0.15, 0.2) is 0 Å². The highest BCUT2D eigenvalue weighted by molar-refractivity contribution is 6.01. The summed E-state index contributed by atoms with van der Waals surface area (Å²) in [6, 6.07) is 18.0. The molecule has 0 radical (unpaired) electrons. The molecule has 0 aliphatic carbocycles. The number of nitrogens with zero attached hydrogens (tertiary/aromatic N) is 1. The number of phenolic OH excluding ortho intramolecular Hbond substituents is 1. The summed E-state index contributed by atoms with van der Waals surface area (Å²) in [4.78, 5) is 4.87. The van der Waals surface area contributed by atoms with Crippen molar-refractivity contribution in [3.63, 3.8) is 0 Å². The number of aromatic hydroxyl groups is 1. The smallest absolute Gasteiger partial charge is 0.120 e. The lowest BCUT2D eigenvalue weighted by molar-refractivity contribution is 0.391. The van der Waals surface area contributed by atoms with Crippen LogP contribution in [0.2, 0.25) is 0 Å². The van der Waals surface area contributed by atoms with Gasteiger partial charge in [0.1, 0.15) is 11.9 Å². The van der Waals surface area contributed by atoms with Crippen molar-refractivity contribution in [1.29, 1.82) is 0 Å². The van der Waals surface area contributed by atoms with Crippen LogP contribution in [-0.2, 0) is 0 Å². The van der Waals surface area contributed by atoms with Crippen molar-refractivity contribution in [1.82, 2.24) is 5.32 Å². The molecule has 0 saturated heterocycles. The Morgan fingerprint density at radius 3 is 2.55 bits per heavy atom. The molecule has 114 valence electrons. The molecule has 0 spiro atoms. The van der Waals surface area contributed by atoms with Crippen LogP contribution in [0.25, 0.3) is 0 Å². The molecule has 1 aliphatic rings. The molecule has 3 nitrogen and oxygen atoms in total. The van der Waals surface area contributed by atoms with Crippen LogP contribution < -0.4 is 5.32 Å². The predicted octanol–water partition coefficient (Wildman–Crippen LogP) is 4.04. The van der Waals surface area contributed by atoms with Gasteiger partial charge in [-0.2, -0.15) is 0 Å². The van der Waals surface area contributed by atoms with Gasteiger partial charge in [-0.25, -0.2) is 0 Å². The van der Waals surface area contributed by atoms with E-state index >= 15 is 0 Å². The fraction of sp³-hybridized carbons (Fsp3) is 0.316. The highest BCUT2D eigenvalue weighted by Gasteiger charge is 2.25. The minimum Gasteiger partial charge on any atom is -0.508 e. The molecule has 0 aromatic heterocycles. The molecule has 1 aliphatic heterocycles. The molecular weight excluding hydrogens is 272 g/mol. The Bertz CT molecular complexity index is 651. The first-order valence-electron chi connectivity index (χ1n) is 7.94. The third-order valence-electron chi connectivity index (χ3n) is 4.08. The molecule has 3 heteroatoms. The Kier molecular flexibility index (Phi) is 4.54. The van der Waals surface area contributed by atoms with Gasteiger partial charge in [-0.05, 0) is 18.1 Å². The van der Waals surface area contributed by atoms with Crippen LogP contribution in [0.15, 0.2) is 59.6 Å². The van der Waals surface area contributed by atoms with E-state index in [1.807, 2.05) is 36.4 Å². The summed E-state index contributed by atoms with van der Waals surface area (Å²) in [5, 5.41) is 13.7. The van der Waals surface area contributed by atoms with Crippen molar-refractivity contribution in [2.75, 3.05) is 0 Å². The summed E-state index contributed by atoms with van der Waals surface area (Å²) in [5.41, 5.74) is 3.24. The number of phenols is 1. The van der Waals surface area contributed by atoms with Gasteiger partial charge in [0.05, 0.1) is 0 Å². The lowest BCUT2D eigenvalue weighted by Gasteiger charge is -2.30. The maximum Gasteiger partial charge on any atom is 0.120 e. The van der Waals surface area contributed by atoms with Crippen LogP contribution in [0.1, 0.15) is 43.4 Å². The van der Waals surface area contributed by atoms with Crippen LogP contribution in [0, 0.1) is 0 Å². The fourth-order valence-electron chi connectivity index (χ4n) is 2.99. The Labute approximate surface area is 131 Å². The van der Waals surface area contributed by atoms with E-state index in [2.05, 4.69) is 24.4 Å². The average molecular weight is 294 g/mol. The molecule has 0 amide bonds. The van der Waals surface area contributed by atoms with Gasteiger partial charge in [-0.3, -0.25) is 10.3 Å². The average Bonchev–Trinajstić information content (AvgIpc) is 2.56. The van der Waals surface area contributed by atoms with Gasteiger partial charge in [0.2, 0.25) is 0 Å². The third kappa shape index (κ3) is 3.20. The third-order valence-corrected chi connectivity index (χ3v) is 4.08. The summed E-state index contributed by atoms with van der Waals surface area (Å²) in [7, 11) is 0. The number of benzene rings is 2. The number of aliphatic imine (C=N–C) groups is 1. The molecule has 1 heterocycles. The molecule has 2 aromatic carbocycles. The van der Waals surface area contributed by atoms with E-state index < -0.39 is 0 Å². The highest BCUT2D eigenvalue weighted by atomic mass is 16.3. The molecule has 0 fully saturated rings. The van der Waals surface area contributed by atoms with E-state index in [0.29, 0.717) is 5.75 Å². The zero-order valence-corrected chi connectivity index (χ0v) is 12.9. The van der Waals surface area contributed by atoms with Crippen LogP contribution in [-0.4, -0.2) is 17.0 Å². The van der Waals surface area contributed by atoms with Crippen LogP contribution in [0.4, 0.5) is 0 Å². The normalized spacial score (nSPS) is 21.4. The topological polar surface area (TPSA) is 44.6 Å². The van der Waals surface area contributed by atoms with E-state index in [9.17, 15) is 5.11 Å². The lowest BCUT2D eigenvalue weighted by Crippen LogP contribution is -2.38. The Morgan fingerprint density at radius 1 is 1.09 bits per heavy atom. The van der Waals surface area contributed by atoms with Crippen molar-refractivity contribution < 1.29 is 5.11 Å². The molecule has 2 atom stereocenters. The number of rotatable bonds is 4. The second-order valence-corrected chi connectivity index (χ2v) is 5.73. The summed E-state index contributed by atoms with van der Waals surface area (Å²) >= 11 is 0. The van der Waals surface area contributed by atoms with Crippen molar-refractivity contribution in [2.24, 2.45) is 4.99 Å². The molecule has 0 bridgehead atoms. The predicted molar refractivity (Wildman–Crippen MR) is 90.3 cm³/mol. The van der Waals surface area contributed by atoms with Gasteiger partial charge in [0, 0.05) is 23.7 Å². The van der Waals surface area contributed by atoms with Crippen molar-refractivity contribution in [3.8, 4) is 5.75 Å². The van der Waals surface area contributed by atoms with E-state index in [1.165, 1.54) is 5.56 Å². The largest absolute Gasteiger partial charge is 0.508 e. The molecule has 2 N–H and O–H groups in total. The monoisotopic (exact) mass is 294 g/mol. The van der Waals surface area contributed by atoms with Gasteiger partial charge < -0.3 is 5.11 Å². The van der Waals surface area contributed by atoms with Crippen LogP contribution in [0.5, 0.6) is 5.75 Å². The van der Waals surface area contributed by atoms with E-state index in [4.69, 9.17) is 4.99 Å². The Balaban J connectivity index is 1.92. The number of nitrogens with one attached hydrogen (secondary N) is 1. The van der Waals surface area contributed by atoms with E-state index in [1.54, 1.807) is 6.07 Å². The molecular formula is C19H22N2O. The molecule has 2 aromatic rings. The first-order chi connectivity index (χ1) is 10.8. The molecule has 22 heavy (non-hydrogen) atoms. The van der Waals surface area contributed by atoms with Gasteiger partial charge >= 0.3 is 0 Å². The minimum absolute atomic E-state index is 0.102. The molecule has 0 saturated carbocycles. The van der Waals surface area contributed by atoms with Gasteiger partial charge in [0.25, 0.3) is 0 Å². The van der Waals surface area contributed by atoms with Crippen LogP contribution in [0.3, 0.4) is 0 Å². The van der Waals surface area contributed by atoms with Crippen molar-refractivity contribution in [3.05, 3.63) is 65.7 Å². The maximum absolute atomic E-state index is 10.2. The fourth-order valence-corrected chi connectivity index (χ4v) is 2.99. The zero-order valence-electron chi connectivity index (χ0n) is 12.9. The summed E-state index contributed by atoms with van der Waals surface area (Å²) in [5.74, 6) is 0.351. The first-order valence-corrected chi connectivity index (χ1v) is 7.94. The van der Waals surface area contributed by atoms with Gasteiger partial charge in [-0.15, -0.1) is 0 Å². The summed E-state index contributed by atoms with van der Waals surface area (Å²) < 4.78 is 0. The standard InChI is InChI=1S/C19H22N2O/c1-2-8-19-20-16(14-9-4-3-5-10-14)13-17(21-19)15-11-6-7-12-18(15)22/h3-7,9-12,17,19,21-22H,2,8,13H2,1H3/t17-,19+/m1/s1. The van der Waals surface area contributed by atoms with Crippen molar-refractivity contribution in [2.45, 2.75) is 38.4 Å². The maximum atomic E-state index is 10.2. The Morgan fingerprint density at radius 2 is 1.82 bits per heavy atom. The summed E-state index contributed by atoms with van der Waals surface area (Å²) in [6.07, 6.45) is 2.98. The highest BCUT2D eigenvalue weighted by Crippen LogP contribution is 2.31. The Hall–Kier alpha value is -2.13. The van der Waals surface area contributed by atoms with Gasteiger partial charge in [-0.1, -0.05) is 61.9 Å². The van der Waals surface area contributed by atoms with E-state index in [-0.39, 0.29) is 12.2 Å². The van der Waals surface area contributed by atoms with E-state index in [0.717, 1.165) is 30.5 Å². The number of para-hydroxylation sites is 1. The summed E-state index contributed by atoms with van der Waals surface area (Å²) in [6.45, 7) is 2.17. The number of hydrogen-bond donors (Lipinski definition) is 2.